The molecule has 1 N–H and O–H groups in total. The fraction of sp³-hybridized carbons (Fsp3) is 0.250. The SMILES string of the molecule is CCn1cc(Cl)c(-c2ccn[nH]2)n1. The zero-order valence-corrected chi connectivity index (χ0v) is 7.91. The fourth-order valence-corrected chi connectivity index (χ4v) is 1.38. The van der Waals surface area contributed by atoms with Gasteiger partial charge in [0.1, 0.15) is 5.69 Å². The first-order valence-corrected chi connectivity index (χ1v) is 4.41. The van der Waals surface area contributed by atoms with E-state index in [2.05, 4.69) is 15.3 Å². The summed E-state index contributed by atoms with van der Waals surface area (Å²) in [5.41, 5.74) is 1.60. The van der Waals surface area contributed by atoms with E-state index in [9.17, 15) is 0 Å². The summed E-state index contributed by atoms with van der Waals surface area (Å²) in [6.45, 7) is 2.83. The van der Waals surface area contributed by atoms with Crippen molar-refractivity contribution >= 4 is 11.6 Å². The normalized spacial score (nSPS) is 10.6. The van der Waals surface area contributed by atoms with Crippen LogP contribution in [0.5, 0.6) is 0 Å². The van der Waals surface area contributed by atoms with Gasteiger partial charge in [-0.1, -0.05) is 11.6 Å². The summed E-state index contributed by atoms with van der Waals surface area (Å²) in [5, 5.41) is 11.6. The summed E-state index contributed by atoms with van der Waals surface area (Å²) >= 11 is 5.98. The van der Waals surface area contributed by atoms with Gasteiger partial charge in [-0.15, -0.1) is 0 Å². The minimum Gasteiger partial charge on any atom is -0.276 e. The molecule has 68 valence electrons. The average molecular weight is 197 g/mol. The van der Waals surface area contributed by atoms with Gasteiger partial charge in [0, 0.05) is 18.9 Å². The molecule has 0 amide bonds. The van der Waals surface area contributed by atoms with Crippen LogP contribution in [0, 0.1) is 0 Å². The Kier molecular flexibility index (Phi) is 2.06. The lowest BCUT2D eigenvalue weighted by molar-refractivity contribution is 0.661. The van der Waals surface area contributed by atoms with Crippen molar-refractivity contribution in [3.8, 4) is 11.4 Å². The van der Waals surface area contributed by atoms with Crippen LogP contribution in [0.2, 0.25) is 5.02 Å². The standard InChI is InChI=1S/C8H9ClN4/c1-2-13-5-6(9)8(12-13)7-3-4-10-11-7/h3-5H,2H2,1H3,(H,10,11). The molecule has 5 heteroatoms. The van der Waals surface area contributed by atoms with Gasteiger partial charge in [-0.05, 0) is 13.0 Å². The van der Waals surface area contributed by atoms with E-state index in [1.165, 1.54) is 0 Å². The van der Waals surface area contributed by atoms with Crippen molar-refractivity contribution in [2.75, 3.05) is 0 Å². The summed E-state index contributed by atoms with van der Waals surface area (Å²) in [6, 6.07) is 1.84. The van der Waals surface area contributed by atoms with E-state index < -0.39 is 0 Å². The molecule has 2 heterocycles. The number of nitrogens with zero attached hydrogens (tertiary/aromatic N) is 3. The molecule has 0 atom stereocenters. The topological polar surface area (TPSA) is 46.5 Å². The van der Waals surface area contributed by atoms with Gasteiger partial charge in [0.05, 0.1) is 10.7 Å². The molecule has 2 aromatic heterocycles. The van der Waals surface area contributed by atoms with Crippen LogP contribution in [0.3, 0.4) is 0 Å². The number of nitrogens with one attached hydrogen (secondary N) is 1. The van der Waals surface area contributed by atoms with Crippen LogP contribution >= 0.6 is 11.6 Å². The third-order valence-corrected chi connectivity index (χ3v) is 2.07. The smallest absolute Gasteiger partial charge is 0.129 e. The van der Waals surface area contributed by atoms with Gasteiger partial charge in [-0.2, -0.15) is 10.2 Å². The predicted octanol–water partition coefficient (Wildman–Crippen LogP) is 1.95. The van der Waals surface area contributed by atoms with Crippen LogP contribution in [0.4, 0.5) is 0 Å². The highest BCUT2D eigenvalue weighted by Gasteiger charge is 2.09. The van der Waals surface area contributed by atoms with Crippen LogP contribution in [0.1, 0.15) is 6.92 Å². The Hall–Kier alpha value is -1.29. The number of halogens is 1. The van der Waals surface area contributed by atoms with Crippen LogP contribution in [-0.2, 0) is 6.54 Å². The van der Waals surface area contributed by atoms with Gasteiger partial charge >= 0.3 is 0 Å². The first kappa shape index (κ1) is 8.31. The van der Waals surface area contributed by atoms with Gasteiger partial charge in [0.25, 0.3) is 0 Å². The van der Waals surface area contributed by atoms with E-state index in [1.807, 2.05) is 13.0 Å². The van der Waals surface area contributed by atoms with Crippen LogP contribution < -0.4 is 0 Å². The lowest BCUT2D eigenvalue weighted by atomic mass is 10.3. The number of rotatable bonds is 2. The highest BCUT2D eigenvalue weighted by atomic mass is 35.5. The summed E-state index contributed by atoms with van der Waals surface area (Å²) < 4.78 is 1.79. The van der Waals surface area contributed by atoms with Gasteiger partial charge in [-0.25, -0.2) is 0 Å². The molecule has 2 aromatic rings. The average Bonchev–Trinajstić information content (AvgIpc) is 2.72. The molecule has 0 aliphatic heterocycles. The largest absolute Gasteiger partial charge is 0.276 e. The molecule has 0 aliphatic carbocycles. The third kappa shape index (κ3) is 1.45. The zero-order chi connectivity index (χ0) is 9.26. The van der Waals surface area contributed by atoms with Crippen molar-refractivity contribution in [1.82, 2.24) is 20.0 Å². The van der Waals surface area contributed by atoms with Crippen molar-refractivity contribution < 1.29 is 0 Å². The molecule has 0 spiro atoms. The van der Waals surface area contributed by atoms with Gasteiger partial charge in [0.2, 0.25) is 0 Å². The molecule has 13 heavy (non-hydrogen) atoms. The predicted molar refractivity (Wildman–Crippen MR) is 50.5 cm³/mol. The van der Waals surface area contributed by atoms with Crippen LogP contribution in [0.25, 0.3) is 11.4 Å². The first-order chi connectivity index (χ1) is 6.31. The molecule has 2 rings (SSSR count). The van der Waals surface area contributed by atoms with E-state index in [-0.39, 0.29) is 0 Å². The van der Waals surface area contributed by atoms with E-state index in [4.69, 9.17) is 11.6 Å². The van der Waals surface area contributed by atoms with Crippen molar-refractivity contribution in [3.05, 3.63) is 23.5 Å². The molecule has 0 radical (unpaired) electrons. The number of aromatic nitrogens is 4. The van der Waals surface area contributed by atoms with Gasteiger partial charge in [-0.3, -0.25) is 9.78 Å². The second kappa shape index (κ2) is 3.22. The van der Waals surface area contributed by atoms with E-state index in [0.717, 1.165) is 17.9 Å². The maximum atomic E-state index is 5.98. The van der Waals surface area contributed by atoms with Crippen molar-refractivity contribution in [2.24, 2.45) is 0 Å². The third-order valence-electron chi connectivity index (χ3n) is 1.80. The summed E-state index contributed by atoms with van der Waals surface area (Å²) in [7, 11) is 0. The molecule has 0 bridgehead atoms. The van der Waals surface area contributed by atoms with E-state index >= 15 is 0 Å². The maximum absolute atomic E-state index is 5.98. The Morgan fingerprint density at radius 3 is 3.00 bits per heavy atom. The van der Waals surface area contributed by atoms with Gasteiger partial charge < -0.3 is 0 Å². The Morgan fingerprint density at radius 2 is 2.46 bits per heavy atom. The molecule has 0 fully saturated rings. The molecule has 4 nitrogen and oxygen atoms in total. The summed E-state index contributed by atoms with van der Waals surface area (Å²) in [4.78, 5) is 0. The van der Waals surface area contributed by atoms with Crippen molar-refractivity contribution in [2.45, 2.75) is 13.5 Å². The molecular formula is C8H9ClN4. The fourth-order valence-electron chi connectivity index (χ4n) is 1.13. The Bertz CT molecular complexity index is 390. The Morgan fingerprint density at radius 1 is 1.62 bits per heavy atom. The number of hydrogen-bond donors (Lipinski definition) is 1. The molecule has 0 saturated heterocycles. The van der Waals surface area contributed by atoms with Crippen molar-refractivity contribution in [3.63, 3.8) is 0 Å². The number of aryl methyl sites for hydroxylation is 1. The number of H-pyrrole nitrogens is 1. The highest BCUT2D eigenvalue weighted by molar-refractivity contribution is 6.32. The highest BCUT2D eigenvalue weighted by Crippen LogP contribution is 2.23. The molecule has 0 saturated carbocycles. The lowest BCUT2D eigenvalue weighted by Crippen LogP contribution is -1.93. The monoisotopic (exact) mass is 196 g/mol. The molecule has 0 aromatic carbocycles. The van der Waals surface area contributed by atoms with Gasteiger partial charge in [0.15, 0.2) is 0 Å². The minimum absolute atomic E-state index is 0.645. The number of aromatic amines is 1. The van der Waals surface area contributed by atoms with E-state index in [0.29, 0.717) is 5.02 Å². The second-order valence-electron chi connectivity index (χ2n) is 2.65. The second-order valence-corrected chi connectivity index (χ2v) is 3.06. The van der Waals surface area contributed by atoms with Crippen LogP contribution in [0.15, 0.2) is 18.5 Å². The molecule has 0 aliphatic rings. The Balaban J connectivity index is 2.46. The van der Waals surface area contributed by atoms with E-state index in [1.54, 1.807) is 17.1 Å². The summed E-state index contributed by atoms with van der Waals surface area (Å²) in [6.07, 6.45) is 3.48. The zero-order valence-electron chi connectivity index (χ0n) is 7.16. The first-order valence-electron chi connectivity index (χ1n) is 4.04. The number of hydrogen-bond acceptors (Lipinski definition) is 2. The maximum Gasteiger partial charge on any atom is 0.129 e. The molecular weight excluding hydrogens is 188 g/mol. The minimum atomic E-state index is 0.645. The van der Waals surface area contributed by atoms with Crippen molar-refractivity contribution in [1.29, 1.82) is 0 Å². The van der Waals surface area contributed by atoms with Crippen LogP contribution in [-0.4, -0.2) is 20.0 Å². The molecule has 0 unspecified atom stereocenters. The quantitative estimate of drug-likeness (QED) is 0.798. The summed E-state index contributed by atoms with van der Waals surface area (Å²) in [5.74, 6) is 0. The lowest BCUT2D eigenvalue weighted by Gasteiger charge is -1.91. The Labute approximate surface area is 80.5 Å².